The van der Waals surface area contributed by atoms with Crippen LogP contribution in [0.4, 0.5) is 10.1 Å². The lowest BCUT2D eigenvalue weighted by Crippen LogP contribution is -2.13. The minimum absolute atomic E-state index is 0.144. The molecule has 0 aliphatic heterocycles. The molecule has 2 aromatic carbocycles. The number of hydrogen-bond donors (Lipinski definition) is 1. The average molecular weight is 489 g/mol. The van der Waals surface area contributed by atoms with E-state index in [1.54, 1.807) is 12.1 Å². The Morgan fingerprint density at radius 3 is 2.40 bits per heavy atom. The van der Waals surface area contributed by atoms with Crippen molar-refractivity contribution in [1.29, 1.82) is 0 Å². The maximum Gasteiger partial charge on any atom is 0.256 e. The lowest BCUT2D eigenvalue weighted by atomic mass is 10.2. The van der Waals surface area contributed by atoms with E-state index in [0.29, 0.717) is 15.7 Å². The summed E-state index contributed by atoms with van der Waals surface area (Å²) in [5, 5.41) is 2.34. The van der Waals surface area contributed by atoms with Crippen molar-refractivity contribution in [2.24, 2.45) is 0 Å². The quantitative estimate of drug-likeness (QED) is 0.423. The Bertz CT molecular complexity index is 673. The zero-order valence-corrected chi connectivity index (χ0v) is 14.9. The predicted molar refractivity (Wildman–Crippen MR) is 91.2 cm³/mol. The first-order valence-corrected chi connectivity index (χ1v) is 7.92. The zero-order chi connectivity index (χ0) is 14.9. The highest BCUT2D eigenvalue weighted by Crippen LogP contribution is 2.28. The number of halogens is 5. The fraction of sp³-hybridized carbons (Fsp3) is 0. The van der Waals surface area contributed by atoms with Crippen molar-refractivity contribution in [3.8, 4) is 0 Å². The molecule has 0 radical (unpaired) electrons. The van der Waals surface area contributed by atoms with Gasteiger partial charge in [-0.3, -0.25) is 4.79 Å². The van der Waals surface area contributed by atoms with Gasteiger partial charge in [-0.25, -0.2) is 4.39 Å². The van der Waals surface area contributed by atoms with Gasteiger partial charge in [0.15, 0.2) is 5.82 Å². The first-order chi connectivity index (χ1) is 9.38. The average Bonchev–Trinajstić information content (AvgIpc) is 2.38. The third-order valence-corrected chi connectivity index (χ3v) is 4.33. The monoisotopic (exact) mass is 487 g/mol. The lowest BCUT2D eigenvalue weighted by Gasteiger charge is -2.09. The van der Waals surface area contributed by atoms with Crippen LogP contribution < -0.4 is 5.32 Å². The molecule has 1 amide bonds. The van der Waals surface area contributed by atoms with Crippen LogP contribution in [0.2, 0.25) is 10.0 Å². The molecule has 0 aromatic heterocycles. The summed E-state index contributed by atoms with van der Waals surface area (Å²) in [7, 11) is 0. The smallest absolute Gasteiger partial charge is 0.256 e. The molecule has 0 aliphatic carbocycles. The molecule has 0 unspecified atom stereocenters. The molecule has 2 aromatic rings. The number of hydrogen-bond acceptors (Lipinski definition) is 1. The number of amides is 1. The first kappa shape index (κ1) is 16.0. The van der Waals surface area contributed by atoms with E-state index in [-0.39, 0.29) is 16.0 Å². The normalized spacial score (nSPS) is 10.4. The molecule has 20 heavy (non-hydrogen) atoms. The highest BCUT2D eigenvalue weighted by molar-refractivity contribution is 14.1. The Labute approximate surface area is 146 Å². The number of rotatable bonds is 2. The second-order valence-corrected chi connectivity index (χ2v) is 6.75. The second kappa shape index (κ2) is 6.60. The second-order valence-electron chi connectivity index (χ2n) is 3.83. The highest BCUT2D eigenvalue weighted by Gasteiger charge is 2.13. The summed E-state index contributed by atoms with van der Waals surface area (Å²) in [5.74, 6) is -1.05. The van der Waals surface area contributed by atoms with E-state index in [9.17, 15) is 9.18 Å². The zero-order valence-electron chi connectivity index (χ0n) is 9.68. The maximum atomic E-state index is 13.3. The standard InChI is InChI=1S/C13H6BrCl2FINO/c14-9-2-1-6(18)3-8(9)13(20)19-7-4-10(15)12(17)11(16)5-7/h1-5H,(H,19,20). The van der Waals surface area contributed by atoms with Crippen LogP contribution in [0.15, 0.2) is 34.8 Å². The van der Waals surface area contributed by atoms with Gasteiger partial charge in [0.2, 0.25) is 0 Å². The molecule has 0 bridgehead atoms. The highest BCUT2D eigenvalue weighted by atomic mass is 127. The van der Waals surface area contributed by atoms with Crippen molar-refractivity contribution in [3.63, 3.8) is 0 Å². The van der Waals surface area contributed by atoms with Crippen LogP contribution in [-0.4, -0.2) is 5.91 Å². The van der Waals surface area contributed by atoms with E-state index in [1.807, 2.05) is 6.07 Å². The summed E-state index contributed by atoms with van der Waals surface area (Å²) in [6.07, 6.45) is 0. The Morgan fingerprint density at radius 2 is 1.80 bits per heavy atom. The van der Waals surface area contributed by atoms with Crippen LogP contribution in [0.3, 0.4) is 0 Å². The Balaban J connectivity index is 2.30. The third-order valence-electron chi connectivity index (χ3n) is 2.41. The third kappa shape index (κ3) is 3.63. The van der Waals surface area contributed by atoms with Crippen LogP contribution in [0, 0.1) is 9.39 Å². The van der Waals surface area contributed by atoms with Crippen LogP contribution in [0.5, 0.6) is 0 Å². The number of carbonyl (C=O) groups is 1. The first-order valence-electron chi connectivity index (χ1n) is 5.29. The Kier molecular flexibility index (Phi) is 5.28. The number of anilines is 1. The van der Waals surface area contributed by atoms with Gasteiger partial charge < -0.3 is 5.32 Å². The minimum Gasteiger partial charge on any atom is -0.322 e. The Morgan fingerprint density at radius 1 is 1.20 bits per heavy atom. The molecule has 0 spiro atoms. The fourth-order valence-corrected chi connectivity index (χ4v) is 2.90. The number of carbonyl (C=O) groups excluding carboxylic acids is 1. The Hall–Kier alpha value is -0.370. The van der Waals surface area contributed by atoms with E-state index in [2.05, 4.69) is 43.8 Å². The SMILES string of the molecule is O=C(Nc1cc(Cl)c(F)c(Cl)c1)c1cc(I)ccc1Br. The molecule has 0 fully saturated rings. The molecule has 0 heterocycles. The molecule has 104 valence electrons. The van der Waals surface area contributed by atoms with Crippen molar-refractivity contribution in [1.82, 2.24) is 0 Å². The van der Waals surface area contributed by atoms with E-state index < -0.39 is 5.82 Å². The van der Waals surface area contributed by atoms with Crippen LogP contribution in [-0.2, 0) is 0 Å². The molecule has 7 heteroatoms. The number of nitrogens with one attached hydrogen (secondary N) is 1. The molecular formula is C13H6BrCl2FINO. The van der Waals surface area contributed by atoms with Gasteiger partial charge in [0.05, 0.1) is 15.6 Å². The molecule has 0 atom stereocenters. The summed E-state index contributed by atoms with van der Waals surface area (Å²) >= 11 is 16.8. The van der Waals surface area contributed by atoms with Crippen LogP contribution in [0.1, 0.15) is 10.4 Å². The van der Waals surface area contributed by atoms with Crippen molar-refractivity contribution in [2.75, 3.05) is 5.32 Å². The van der Waals surface area contributed by atoms with Gasteiger partial charge in [-0.2, -0.15) is 0 Å². The van der Waals surface area contributed by atoms with Crippen molar-refractivity contribution in [2.45, 2.75) is 0 Å². The van der Waals surface area contributed by atoms with Gasteiger partial charge in [-0.05, 0) is 68.9 Å². The van der Waals surface area contributed by atoms with Crippen molar-refractivity contribution < 1.29 is 9.18 Å². The van der Waals surface area contributed by atoms with Crippen molar-refractivity contribution in [3.05, 3.63) is 59.8 Å². The van der Waals surface area contributed by atoms with E-state index in [1.165, 1.54) is 12.1 Å². The molecule has 0 saturated carbocycles. The minimum atomic E-state index is -0.707. The van der Waals surface area contributed by atoms with Gasteiger partial charge in [0.1, 0.15) is 0 Å². The number of benzene rings is 2. The predicted octanol–water partition coefficient (Wildman–Crippen LogP) is 5.75. The molecule has 2 nitrogen and oxygen atoms in total. The summed E-state index contributed by atoms with van der Waals surface area (Å²) in [6.45, 7) is 0. The van der Waals surface area contributed by atoms with E-state index in [4.69, 9.17) is 23.2 Å². The topological polar surface area (TPSA) is 29.1 Å². The molecule has 2 rings (SSSR count). The maximum absolute atomic E-state index is 13.3. The lowest BCUT2D eigenvalue weighted by molar-refractivity contribution is 0.102. The molecule has 0 aliphatic rings. The van der Waals surface area contributed by atoms with E-state index >= 15 is 0 Å². The van der Waals surface area contributed by atoms with Crippen molar-refractivity contribution >= 4 is 73.3 Å². The van der Waals surface area contributed by atoms with Gasteiger partial charge in [-0.15, -0.1) is 0 Å². The molecular weight excluding hydrogens is 483 g/mol. The summed E-state index contributed by atoms with van der Waals surface area (Å²) in [6, 6.07) is 7.99. The fourth-order valence-electron chi connectivity index (χ4n) is 1.50. The molecule has 0 saturated heterocycles. The van der Waals surface area contributed by atoms with Gasteiger partial charge in [-0.1, -0.05) is 23.2 Å². The van der Waals surface area contributed by atoms with Gasteiger partial charge in [0.25, 0.3) is 5.91 Å². The summed E-state index contributed by atoms with van der Waals surface area (Å²) in [4.78, 5) is 12.2. The summed E-state index contributed by atoms with van der Waals surface area (Å²) in [5.41, 5.74) is 0.797. The van der Waals surface area contributed by atoms with E-state index in [0.717, 1.165) is 3.57 Å². The summed E-state index contributed by atoms with van der Waals surface area (Å²) < 4.78 is 14.9. The molecule has 1 N–H and O–H groups in total. The largest absolute Gasteiger partial charge is 0.322 e. The van der Waals surface area contributed by atoms with Gasteiger partial charge >= 0.3 is 0 Å². The van der Waals surface area contributed by atoms with Crippen LogP contribution >= 0.6 is 61.7 Å². The van der Waals surface area contributed by atoms with Crippen LogP contribution in [0.25, 0.3) is 0 Å². The van der Waals surface area contributed by atoms with Gasteiger partial charge in [0, 0.05) is 13.7 Å².